The lowest BCUT2D eigenvalue weighted by Crippen LogP contribution is -2.00. The summed E-state index contributed by atoms with van der Waals surface area (Å²) in [6, 6.07) is 58.9. The second-order valence-corrected chi connectivity index (χ2v) is 12.9. The predicted octanol–water partition coefficient (Wildman–Crippen LogP) is 12.1. The van der Waals surface area contributed by atoms with Crippen LogP contribution in [0, 0.1) is 6.92 Å². The van der Waals surface area contributed by atoms with Crippen molar-refractivity contribution in [1.29, 1.82) is 0 Å². The van der Waals surface area contributed by atoms with Gasteiger partial charge in [-0.1, -0.05) is 127 Å². The fourth-order valence-electron chi connectivity index (χ4n) is 7.78. The summed E-state index contributed by atoms with van der Waals surface area (Å²) < 4.78 is 4.73. The molecule has 0 saturated heterocycles. The summed E-state index contributed by atoms with van der Waals surface area (Å²) in [6.45, 7) is 2.19. The Balaban J connectivity index is 1.35. The van der Waals surface area contributed by atoms with E-state index in [1.165, 1.54) is 60.0 Å². The van der Waals surface area contributed by atoms with Gasteiger partial charge in [-0.05, 0) is 76.2 Å². The number of fused-ring (bicyclic) bond motifs is 9. The normalized spacial score (nSPS) is 11.8. The van der Waals surface area contributed by atoms with Crippen LogP contribution in [-0.2, 0) is 0 Å². The molecule has 0 aliphatic carbocycles. The summed E-state index contributed by atoms with van der Waals surface area (Å²) in [7, 11) is 0. The van der Waals surface area contributed by atoms with Gasteiger partial charge in [0.15, 0.2) is 0 Å². The zero-order valence-corrected chi connectivity index (χ0v) is 27.0. The van der Waals surface area contributed by atoms with Crippen molar-refractivity contribution in [2.75, 3.05) is 0 Å². The van der Waals surface area contributed by atoms with Crippen molar-refractivity contribution in [3.05, 3.63) is 176 Å². The molecule has 10 aromatic rings. The number of para-hydroxylation sites is 1. The first-order valence-corrected chi connectivity index (χ1v) is 16.8. The standard InChI is InChI=1S/C46H31N3/c1-30-12-8-11-19-40(30)48-27-26-34-20-22-37-38(46(34)48)23-25-42-45(37)44-36-18-10-9-15-32(36)21-24-41(44)49(42)43-29-35(31-13-4-2-5-14-31)28-39(47-43)33-16-6-3-7-17-33/h2-29H,1H3. The summed E-state index contributed by atoms with van der Waals surface area (Å²) in [5.74, 6) is 0.902. The van der Waals surface area contributed by atoms with Crippen LogP contribution >= 0.6 is 0 Å². The molecule has 0 N–H and O–H groups in total. The highest BCUT2D eigenvalue weighted by molar-refractivity contribution is 6.30. The second-order valence-electron chi connectivity index (χ2n) is 12.9. The molecule has 49 heavy (non-hydrogen) atoms. The molecule has 3 heteroatoms. The molecule has 3 aromatic heterocycles. The minimum absolute atomic E-state index is 0.902. The molecule has 0 unspecified atom stereocenters. The first-order chi connectivity index (χ1) is 24.2. The molecule has 0 atom stereocenters. The fourth-order valence-corrected chi connectivity index (χ4v) is 7.78. The van der Waals surface area contributed by atoms with Crippen molar-refractivity contribution >= 4 is 54.3 Å². The lowest BCUT2D eigenvalue weighted by atomic mass is 9.98. The van der Waals surface area contributed by atoms with Crippen molar-refractivity contribution in [3.8, 4) is 33.9 Å². The van der Waals surface area contributed by atoms with Gasteiger partial charge in [0.2, 0.25) is 0 Å². The smallest absolute Gasteiger partial charge is 0.138 e. The van der Waals surface area contributed by atoms with Crippen LogP contribution < -0.4 is 0 Å². The maximum Gasteiger partial charge on any atom is 0.138 e. The maximum absolute atomic E-state index is 5.40. The van der Waals surface area contributed by atoms with E-state index in [-0.39, 0.29) is 0 Å². The van der Waals surface area contributed by atoms with Gasteiger partial charge in [-0.25, -0.2) is 4.98 Å². The van der Waals surface area contributed by atoms with Crippen molar-refractivity contribution in [3.63, 3.8) is 0 Å². The van der Waals surface area contributed by atoms with E-state index < -0.39 is 0 Å². The quantitative estimate of drug-likeness (QED) is 0.191. The third-order valence-corrected chi connectivity index (χ3v) is 10.1. The van der Waals surface area contributed by atoms with Gasteiger partial charge >= 0.3 is 0 Å². The molecule has 0 spiro atoms. The summed E-state index contributed by atoms with van der Waals surface area (Å²) in [5, 5.41) is 8.67. The number of pyridine rings is 1. The third-order valence-electron chi connectivity index (χ3n) is 10.1. The van der Waals surface area contributed by atoms with Crippen LogP contribution in [0.3, 0.4) is 0 Å². The SMILES string of the molecule is Cc1ccccc1-n1ccc2ccc3c(ccc4c3c3c5ccccc5ccc3n4-c3cc(-c4ccccc4)cc(-c4ccccc4)n3)c21. The van der Waals surface area contributed by atoms with Gasteiger partial charge in [-0.2, -0.15) is 0 Å². The van der Waals surface area contributed by atoms with Crippen LogP contribution in [0.25, 0.3) is 88.1 Å². The Hall–Kier alpha value is -6.45. The Morgan fingerprint density at radius 1 is 0.469 bits per heavy atom. The molecule has 3 heterocycles. The van der Waals surface area contributed by atoms with Crippen molar-refractivity contribution in [1.82, 2.24) is 14.1 Å². The van der Waals surface area contributed by atoms with E-state index >= 15 is 0 Å². The van der Waals surface area contributed by atoms with Gasteiger partial charge in [-0.15, -0.1) is 0 Å². The molecule has 0 aliphatic rings. The van der Waals surface area contributed by atoms with Crippen molar-refractivity contribution in [2.45, 2.75) is 6.92 Å². The molecule has 3 nitrogen and oxygen atoms in total. The first-order valence-electron chi connectivity index (χ1n) is 16.8. The average Bonchev–Trinajstić information content (AvgIpc) is 3.75. The molecular weight excluding hydrogens is 595 g/mol. The highest BCUT2D eigenvalue weighted by Crippen LogP contribution is 2.43. The Morgan fingerprint density at radius 3 is 1.94 bits per heavy atom. The predicted molar refractivity (Wildman–Crippen MR) is 206 cm³/mol. The highest BCUT2D eigenvalue weighted by Gasteiger charge is 2.21. The Morgan fingerprint density at radius 2 is 1.12 bits per heavy atom. The Bertz CT molecular complexity index is 2820. The van der Waals surface area contributed by atoms with Crippen LogP contribution in [0.1, 0.15) is 5.56 Å². The van der Waals surface area contributed by atoms with E-state index in [1.54, 1.807) is 0 Å². The van der Waals surface area contributed by atoms with E-state index in [4.69, 9.17) is 4.98 Å². The van der Waals surface area contributed by atoms with Crippen LogP contribution in [0.4, 0.5) is 0 Å². The number of benzene rings is 7. The van der Waals surface area contributed by atoms with Crippen LogP contribution in [0.5, 0.6) is 0 Å². The summed E-state index contributed by atoms with van der Waals surface area (Å²) in [6.07, 6.45) is 2.21. The lowest BCUT2D eigenvalue weighted by molar-refractivity contribution is 1.08. The summed E-state index contributed by atoms with van der Waals surface area (Å²) in [4.78, 5) is 5.40. The molecule has 0 aliphatic heterocycles. The monoisotopic (exact) mass is 625 g/mol. The molecule has 0 amide bonds. The molecule has 0 fully saturated rings. The molecule has 230 valence electrons. The minimum atomic E-state index is 0.902. The average molecular weight is 626 g/mol. The van der Waals surface area contributed by atoms with Gasteiger partial charge < -0.3 is 4.57 Å². The third kappa shape index (κ3) is 4.26. The highest BCUT2D eigenvalue weighted by atomic mass is 15.1. The van der Waals surface area contributed by atoms with Crippen LogP contribution in [0.15, 0.2) is 170 Å². The van der Waals surface area contributed by atoms with Gasteiger partial charge in [0.05, 0.1) is 22.2 Å². The fraction of sp³-hybridized carbons (Fsp3) is 0.0217. The Kier molecular flexibility index (Phi) is 6.09. The number of hydrogen-bond acceptors (Lipinski definition) is 1. The lowest BCUT2D eigenvalue weighted by Gasteiger charge is -2.14. The second kappa shape index (κ2) is 10.8. The van der Waals surface area contributed by atoms with Crippen LogP contribution in [0.2, 0.25) is 0 Å². The number of rotatable bonds is 4. The molecule has 7 aromatic carbocycles. The summed E-state index contributed by atoms with van der Waals surface area (Å²) in [5.41, 5.74) is 10.3. The van der Waals surface area contributed by atoms with Gasteiger partial charge in [-0.3, -0.25) is 4.57 Å². The molecule has 0 saturated carbocycles. The number of aryl methyl sites for hydroxylation is 1. The maximum atomic E-state index is 5.40. The molecule has 0 bridgehead atoms. The van der Waals surface area contributed by atoms with Crippen molar-refractivity contribution in [2.24, 2.45) is 0 Å². The Labute approximate surface area is 283 Å². The molecule has 10 rings (SSSR count). The topological polar surface area (TPSA) is 22.8 Å². The number of hydrogen-bond donors (Lipinski definition) is 0. The molecule has 0 radical (unpaired) electrons. The zero-order chi connectivity index (χ0) is 32.5. The van der Waals surface area contributed by atoms with E-state index in [0.717, 1.165) is 33.7 Å². The largest absolute Gasteiger partial charge is 0.316 e. The van der Waals surface area contributed by atoms with E-state index in [0.29, 0.717) is 0 Å². The number of nitrogens with zero attached hydrogens (tertiary/aromatic N) is 3. The van der Waals surface area contributed by atoms with Crippen molar-refractivity contribution < 1.29 is 0 Å². The summed E-state index contributed by atoms with van der Waals surface area (Å²) >= 11 is 0. The molecular formula is C46H31N3. The van der Waals surface area contributed by atoms with Gasteiger partial charge in [0.1, 0.15) is 5.82 Å². The van der Waals surface area contributed by atoms with Gasteiger partial charge in [0.25, 0.3) is 0 Å². The van der Waals surface area contributed by atoms with E-state index in [1.807, 2.05) is 0 Å². The van der Waals surface area contributed by atoms with E-state index in [2.05, 4.69) is 186 Å². The van der Waals surface area contributed by atoms with Gasteiger partial charge in [0, 0.05) is 39.0 Å². The zero-order valence-electron chi connectivity index (χ0n) is 27.0. The minimum Gasteiger partial charge on any atom is -0.316 e. The first kappa shape index (κ1) is 27.6. The van der Waals surface area contributed by atoms with E-state index in [9.17, 15) is 0 Å². The van der Waals surface area contributed by atoms with Crippen LogP contribution in [-0.4, -0.2) is 14.1 Å². The number of aromatic nitrogens is 3.